The Balaban J connectivity index is 1.66. The third kappa shape index (κ3) is 3.29. The quantitative estimate of drug-likeness (QED) is 0.916. The van der Waals surface area contributed by atoms with Crippen LogP contribution >= 0.6 is 11.5 Å². The van der Waals surface area contributed by atoms with Crippen molar-refractivity contribution in [3.63, 3.8) is 0 Å². The predicted molar refractivity (Wildman–Crippen MR) is 90.8 cm³/mol. The van der Waals surface area contributed by atoms with E-state index in [0.717, 1.165) is 10.1 Å². The number of carbonyl (C=O) groups is 2. The maximum Gasteiger partial charge on any atom is 0.317 e. The summed E-state index contributed by atoms with van der Waals surface area (Å²) >= 11 is 1.35. The van der Waals surface area contributed by atoms with E-state index < -0.39 is 0 Å². The summed E-state index contributed by atoms with van der Waals surface area (Å²) in [4.78, 5) is 28.2. The normalized spacial score (nSPS) is 15.3. The number of nitrogens with one attached hydrogen (secondary N) is 1. The molecule has 2 aromatic rings. The molecule has 0 bridgehead atoms. The molecule has 0 aliphatic carbocycles. The van der Waals surface area contributed by atoms with Gasteiger partial charge in [0.1, 0.15) is 5.69 Å². The first-order chi connectivity index (χ1) is 11.1. The first-order valence-corrected chi connectivity index (χ1v) is 8.52. The van der Waals surface area contributed by atoms with Crippen LogP contribution in [0.5, 0.6) is 0 Å². The molecule has 0 atom stereocenters. The largest absolute Gasteiger partial charge is 0.336 e. The van der Waals surface area contributed by atoms with E-state index in [9.17, 15) is 9.59 Å². The molecule has 3 amide bonds. The van der Waals surface area contributed by atoms with E-state index in [2.05, 4.69) is 9.69 Å². The van der Waals surface area contributed by atoms with E-state index >= 15 is 0 Å². The Morgan fingerprint density at radius 3 is 2.48 bits per heavy atom. The van der Waals surface area contributed by atoms with Gasteiger partial charge in [0.05, 0.1) is 4.70 Å². The topological polar surface area (TPSA) is 65.5 Å². The summed E-state index contributed by atoms with van der Waals surface area (Å²) in [5.41, 5.74) is 0.519. The van der Waals surface area contributed by atoms with Gasteiger partial charge in [0.25, 0.3) is 5.91 Å². The number of hydrogen-bond donors (Lipinski definition) is 1. The van der Waals surface area contributed by atoms with Gasteiger partial charge in [0.2, 0.25) is 0 Å². The van der Waals surface area contributed by atoms with E-state index in [1.54, 1.807) is 9.80 Å². The molecule has 7 heteroatoms. The minimum atomic E-state index is -0.0637. The molecule has 1 fully saturated rings. The van der Waals surface area contributed by atoms with Crippen LogP contribution in [0.4, 0.5) is 4.79 Å². The van der Waals surface area contributed by atoms with Crippen LogP contribution < -0.4 is 5.32 Å². The van der Waals surface area contributed by atoms with Gasteiger partial charge in [-0.3, -0.25) is 4.79 Å². The van der Waals surface area contributed by atoms with Crippen molar-refractivity contribution in [1.29, 1.82) is 0 Å². The molecule has 0 radical (unpaired) electrons. The molecule has 6 nitrogen and oxygen atoms in total. The summed E-state index contributed by atoms with van der Waals surface area (Å²) in [5.74, 6) is -0.0497. The summed E-state index contributed by atoms with van der Waals surface area (Å²) in [5, 5.41) is 3.79. The molecule has 0 unspecified atom stereocenters. The van der Waals surface area contributed by atoms with E-state index in [-0.39, 0.29) is 18.0 Å². The Morgan fingerprint density at radius 2 is 1.78 bits per heavy atom. The highest BCUT2D eigenvalue weighted by molar-refractivity contribution is 7.13. The van der Waals surface area contributed by atoms with Crippen LogP contribution in [0.2, 0.25) is 0 Å². The summed E-state index contributed by atoms with van der Waals surface area (Å²) in [6.07, 6.45) is 0. The number of hydrogen-bond acceptors (Lipinski definition) is 4. The van der Waals surface area contributed by atoms with Gasteiger partial charge >= 0.3 is 6.03 Å². The molecule has 1 aromatic carbocycles. The second-order valence-corrected chi connectivity index (χ2v) is 6.72. The highest BCUT2D eigenvalue weighted by Gasteiger charge is 2.27. The van der Waals surface area contributed by atoms with Crippen molar-refractivity contribution in [2.45, 2.75) is 19.9 Å². The lowest BCUT2D eigenvalue weighted by Gasteiger charge is -2.34. The lowest BCUT2D eigenvalue weighted by atomic mass is 10.2. The highest BCUT2D eigenvalue weighted by atomic mass is 32.1. The fourth-order valence-electron chi connectivity index (χ4n) is 2.64. The number of piperazine rings is 1. The molecule has 1 aliphatic heterocycles. The number of urea groups is 1. The number of nitrogens with zero attached hydrogens (tertiary/aromatic N) is 3. The van der Waals surface area contributed by atoms with E-state index in [1.807, 2.05) is 38.1 Å². The molecule has 1 N–H and O–H groups in total. The zero-order valence-electron chi connectivity index (χ0n) is 13.3. The second kappa shape index (κ2) is 6.54. The molecule has 3 rings (SSSR count). The Morgan fingerprint density at radius 1 is 1.13 bits per heavy atom. The summed E-state index contributed by atoms with van der Waals surface area (Å²) in [7, 11) is 0. The van der Waals surface area contributed by atoms with Gasteiger partial charge in [-0.25, -0.2) is 4.79 Å². The minimum absolute atomic E-state index is 0.0497. The Bertz CT molecular complexity index is 720. The van der Waals surface area contributed by atoms with Gasteiger partial charge < -0.3 is 15.1 Å². The van der Waals surface area contributed by atoms with Crippen LogP contribution in [0.15, 0.2) is 24.3 Å². The van der Waals surface area contributed by atoms with Crippen molar-refractivity contribution in [3.05, 3.63) is 30.0 Å². The molecule has 122 valence electrons. The number of rotatable bonds is 2. The predicted octanol–water partition coefficient (Wildman–Crippen LogP) is 2.17. The summed E-state index contributed by atoms with van der Waals surface area (Å²) in [6.45, 7) is 6.04. The smallest absolute Gasteiger partial charge is 0.317 e. The lowest BCUT2D eigenvalue weighted by molar-refractivity contribution is 0.0661. The van der Waals surface area contributed by atoms with Crippen LogP contribution in [-0.2, 0) is 0 Å². The SMILES string of the molecule is CC(C)NC(=O)N1CCN(C(=O)c2nsc3ccccc23)CC1. The third-order valence-corrected chi connectivity index (χ3v) is 4.67. The van der Waals surface area contributed by atoms with Gasteiger partial charge in [-0.15, -0.1) is 0 Å². The van der Waals surface area contributed by atoms with Crippen LogP contribution in [0, 0.1) is 0 Å². The molecular weight excluding hydrogens is 312 g/mol. The van der Waals surface area contributed by atoms with E-state index in [0.29, 0.717) is 31.9 Å². The van der Waals surface area contributed by atoms with Crippen molar-refractivity contribution in [1.82, 2.24) is 19.5 Å². The first kappa shape index (κ1) is 15.7. The first-order valence-electron chi connectivity index (χ1n) is 7.75. The van der Waals surface area contributed by atoms with Crippen LogP contribution in [0.25, 0.3) is 10.1 Å². The highest BCUT2D eigenvalue weighted by Crippen LogP contribution is 2.23. The van der Waals surface area contributed by atoms with E-state index in [1.165, 1.54) is 11.5 Å². The van der Waals surface area contributed by atoms with Gasteiger partial charge in [-0.1, -0.05) is 18.2 Å². The van der Waals surface area contributed by atoms with Crippen LogP contribution in [-0.4, -0.2) is 58.3 Å². The monoisotopic (exact) mass is 332 g/mol. The molecule has 23 heavy (non-hydrogen) atoms. The average Bonchev–Trinajstić information content (AvgIpc) is 2.97. The maximum absolute atomic E-state index is 12.7. The van der Waals surface area contributed by atoms with Crippen molar-refractivity contribution >= 4 is 33.6 Å². The standard InChI is InChI=1S/C16H20N4O2S/c1-11(2)17-16(22)20-9-7-19(8-10-20)15(21)14-12-5-3-4-6-13(12)23-18-14/h3-6,11H,7-10H2,1-2H3,(H,17,22). The van der Waals surface area contributed by atoms with Crippen molar-refractivity contribution in [3.8, 4) is 0 Å². The Kier molecular flexibility index (Phi) is 4.47. The molecule has 1 aliphatic rings. The zero-order chi connectivity index (χ0) is 16.4. The zero-order valence-corrected chi connectivity index (χ0v) is 14.1. The molecule has 2 heterocycles. The summed E-state index contributed by atoms with van der Waals surface area (Å²) < 4.78 is 5.34. The van der Waals surface area contributed by atoms with Gasteiger partial charge in [0, 0.05) is 37.6 Å². The Labute approximate surface area is 139 Å². The molecule has 0 spiro atoms. The fraction of sp³-hybridized carbons (Fsp3) is 0.438. The van der Waals surface area contributed by atoms with Crippen LogP contribution in [0.3, 0.4) is 0 Å². The van der Waals surface area contributed by atoms with Gasteiger partial charge in [-0.2, -0.15) is 4.37 Å². The fourth-order valence-corrected chi connectivity index (χ4v) is 3.41. The van der Waals surface area contributed by atoms with Crippen molar-refractivity contribution < 1.29 is 9.59 Å². The summed E-state index contributed by atoms with van der Waals surface area (Å²) in [6, 6.07) is 7.81. The molecule has 1 aromatic heterocycles. The molecule has 1 saturated heterocycles. The number of amides is 3. The second-order valence-electron chi connectivity index (χ2n) is 5.91. The van der Waals surface area contributed by atoms with Gasteiger partial charge in [0.15, 0.2) is 0 Å². The average molecular weight is 332 g/mol. The Hall–Kier alpha value is -2.15. The number of benzene rings is 1. The number of fused-ring (bicyclic) bond motifs is 1. The van der Waals surface area contributed by atoms with Gasteiger partial charge in [-0.05, 0) is 31.4 Å². The molecule has 0 saturated carbocycles. The number of carbonyl (C=O) groups excluding carboxylic acids is 2. The lowest BCUT2D eigenvalue weighted by Crippen LogP contribution is -2.54. The van der Waals surface area contributed by atoms with Crippen LogP contribution in [0.1, 0.15) is 24.3 Å². The molecular formula is C16H20N4O2S. The maximum atomic E-state index is 12.7. The minimum Gasteiger partial charge on any atom is -0.336 e. The van der Waals surface area contributed by atoms with E-state index in [4.69, 9.17) is 0 Å². The third-order valence-electron chi connectivity index (χ3n) is 3.85. The van der Waals surface area contributed by atoms with Crippen molar-refractivity contribution in [2.24, 2.45) is 0 Å². The van der Waals surface area contributed by atoms with Crippen molar-refractivity contribution in [2.75, 3.05) is 26.2 Å². The number of aromatic nitrogens is 1.